The normalized spacial score (nSPS) is 13.8. The van der Waals surface area contributed by atoms with Gasteiger partial charge in [-0.2, -0.15) is 0 Å². The van der Waals surface area contributed by atoms with Crippen molar-refractivity contribution in [3.8, 4) is 0 Å². The Balaban J connectivity index is 5.02. The molecule has 9 nitrogen and oxygen atoms in total. The lowest BCUT2D eigenvalue weighted by Crippen LogP contribution is -2.47. The van der Waals surface area contributed by atoms with Crippen molar-refractivity contribution in [2.24, 2.45) is 0 Å². The van der Waals surface area contributed by atoms with E-state index in [1.807, 2.05) is 33.3 Å². The quantitative estimate of drug-likeness (QED) is 0.0205. The summed E-state index contributed by atoms with van der Waals surface area (Å²) in [6, 6.07) is -0.847. The highest BCUT2D eigenvalue weighted by Crippen LogP contribution is 2.43. The SMILES string of the molecule is CCCCC/C=C\C/C=C\C/C=C\CCCCCCCCCCCCCCC(=O)NC(COP(=O)(O)OCC[N+](C)(C)C)C(/C=C\CCCCCCCCCCC)OC(=O)CCCCCCCCCCCCCCCCCCCCC. The number of allylic oxidation sites excluding steroid dienone is 7. The van der Waals surface area contributed by atoms with Crippen LogP contribution in [0.15, 0.2) is 48.6 Å². The fourth-order valence-electron chi connectivity index (χ4n) is 10.4. The van der Waals surface area contributed by atoms with Crippen molar-refractivity contribution >= 4 is 19.7 Å². The lowest BCUT2D eigenvalue weighted by molar-refractivity contribution is -0.870. The largest absolute Gasteiger partial charge is 0.472 e. The third-order valence-corrected chi connectivity index (χ3v) is 16.8. The first-order chi connectivity index (χ1) is 39.4. The van der Waals surface area contributed by atoms with Gasteiger partial charge in [-0.3, -0.25) is 18.6 Å². The highest BCUT2D eigenvalue weighted by atomic mass is 31.2. The number of quaternary nitrogens is 1. The summed E-state index contributed by atoms with van der Waals surface area (Å²) >= 11 is 0. The van der Waals surface area contributed by atoms with E-state index in [1.54, 1.807) is 0 Å². The smallest absolute Gasteiger partial charge is 0.456 e. The number of carbonyl (C=O) groups excluding carboxylic acids is 2. The maximum Gasteiger partial charge on any atom is 0.472 e. The van der Waals surface area contributed by atoms with E-state index in [0.29, 0.717) is 23.9 Å². The van der Waals surface area contributed by atoms with Crippen LogP contribution in [0.4, 0.5) is 0 Å². The van der Waals surface area contributed by atoms with Crippen molar-refractivity contribution in [2.45, 2.75) is 354 Å². The molecule has 0 radical (unpaired) electrons. The molecule has 2 N–H and O–H groups in total. The standard InChI is InChI=1S/C71H135N2O7P/c1-7-10-13-16-19-22-25-27-29-31-33-34-35-36-37-38-40-41-43-45-48-51-54-57-60-63-70(74)72-68(67-79-81(76,77)78-66-65-73(4,5)6)69(62-59-56-53-50-47-24-21-18-15-12-9-3)80-71(75)64-61-58-55-52-49-46-44-42-39-32-30-28-26-23-20-17-14-11-8-2/h19,22,27,29,33-34,59,62,68-69H,7-18,20-21,23-26,28,30-32,35-58,60-61,63-67H2,1-6H3,(H-,72,74,76,77)/p+1/b22-19-,29-27-,34-33-,62-59-. The zero-order valence-corrected chi connectivity index (χ0v) is 55.4. The monoisotopic (exact) mass is 1160 g/mol. The van der Waals surface area contributed by atoms with E-state index in [2.05, 4.69) is 62.5 Å². The Kier molecular flexibility index (Phi) is 59.5. The van der Waals surface area contributed by atoms with Gasteiger partial charge in [0.2, 0.25) is 5.91 Å². The molecule has 0 saturated heterocycles. The Morgan fingerprint density at radius 3 is 1.15 bits per heavy atom. The van der Waals surface area contributed by atoms with E-state index in [-0.39, 0.29) is 25.1 Å². The van der Waals surface area contributed by atoms with E-state index in [9.17, 15) is 19.0 Å². The molecule has 0 aliphatic rings. The van der Waals surface area contributed by atoms with E-state index in [1.165, 1.54) is 238 Å². The van der Waals surface area contributed by atoms with Crippen LogP contribution in [-0.2, 0) is 27.9 Å². The molecule has 0 aromatic carbocycles. The Hall–Kier alpha value is -2.03. The number of phosphoric ester groups is 1. The Bertz CT molecular complexity index is 1520. The molecule has 0 rings (SSSR count). The van der Waals surface area contributed by atoms with E-state index in [4.69, 9.17) is 13.8 Å². The first-order valence-electron chi connectivity index (χ1n) is 35.0. The Morgan fingerprint density at radius 2 is 0.753 bits per heavy atom. The lowest BCUT2D eigenvalue weighted by atomic mass is 10.0. The van der Waals surface area contributed by atoms with Gasteiger partial charge in [-0.1, -0.05) is 307 Å². The highest BCUT2D eigenvalue weighted by molar-refractivity contribution is 7.47. The minimum atomic E-state index is -4.45. The van der Waals surface area contributed by atoms with Gasteiger partial charge in [-0.15, -0.1) is 0 Å². The fraction of sp³-hybridized carbons (Fsp3) is 0.859. The van der Waals surface area contributed by atoms with Crippen molar-refractivity contribution in [1.29, 1.82) is 0 Å². The van der Waals surface area contributed by atoms with Crippen LogP contribution < -0.4 is 5.32 Å². The summed E-state index contributed by atoms with van der Waals surface area (Å²) in [5.41, 5.74) is 0. The number of carbonyl (C=O) groups is 2. The first-order valence-corrected chi connectivity index (χ1v) is 36.5. The molecular weight excluding hydrogens is 1020 g/mol. The number of hydrogen-bond acceptors (Lipinski definition) is 6. The molecule has 0 saturated carbocycles. The van der Waals surface area contributed by atoms with E-state index < -0.39 is 20.0 Å². The molecule has 10 heteroatoms. The van der Waals surface area contributed by atoms with Crippen LogP contribution in [0, 0.1) is 0 Å². The molecule has 0 aromatic rings. The van der Waals surface area contributed by atoms with Crippen LogP contribution in [0.1, 0.15) is 342 Å². The molecule has 0 bridgehead atoms. The van der Waals surface area contributed by atoms with E-state index in [0.717, 1.165) is 70.6 Å². The number of phosphoric acid groups is 1. The Labute approximate surface area is 503 Å². The second-order valence-electron chi connectivity index (χ2n) is 25.1. The zero-order chi connectivity index (χ0) is 59.3. The second-order valence-corrected chi connectivity index (χ2v) is 26.5. The van der Waals surface area contributed by atoms with Crippen LogP contribution in [0.3, 0.4) is 0 Å². The molecule has 0 spiro atoms. The third kappa shape index (κ3) is 62.3. The number of esters is 1. The van der Waals surface area contributed by atoms with Gasteiger partial charge in [0.15, 0.2) is 0 Å². The number of unbranched alkanes of at least 4 members (excludes halogenated alkanes) is 42. The molecule has 0 fully saturated rings. The molecule has 0 heterocycles. The topological polar surface area (TPSA) is 111 Å². The highest BCUT2D eigenvalue weighted by Gasteiger charge is 2.30. The number of ether oxygens (including phenoxy) is 1. The van der Waals surface area contributed by atoms with Gasteiger partial charge in [-0.25, -0.2) is 4.57 Å². The minimum Gasteiger partial charge on any atom is -0.456 e. The zero-order valence-electron chi connectivity index (χ0n) is 54.5. The summed E-state index contributed by atoms with van der Waals surface area (Å²) in [6.45, 7) is 7.03. The van der Waals surface area contributed by atoms with Crippen molar-refractivity contribution < 1.29 is 37.3 Å². The number of rotatable bonds is 64. The summed E-state index contributed by atoms with van der Waals surface area (Å²) in [5.74, 6) is -0.491. The summed E-state index contributed by atoms with van der Waals surface area (Å²) in [5, 5.41) is 3.07. The molecule has 3 unspecified atom stereocenters. The molecule has 476 valence electrons. The summed E-state index contributed by atoms with van der Waals surface area (Å²) < 4.78 is 30.8. The molecular formula is C71H136N2O7P+. The number of nitrogens with one attached hydrogen (secondary N) is 1. The average Bonchev–Trinajstić information content (AvgIpc) is 3.44. The van der Waals surface area contributed by atoms with Gasteiger partial charge in [0.05, 0.1) is 33.8 Å². The maximum atomic E-state index is 13.6. The summed E-state index contributed by atoms with van der Waals surface area (Å²) in [7, 11) is 1.51. The van der Waals surface area contributed by atoms with Crippen LogP contribution in [0.2, 0.25) is 0 Å². The predicted molar refractivity (Wildman–Crippen MR) is 351 cm³/mol. The Morgan fingerprint density at radius 1 is 0.432 bits per heavy atom. The van der Waals surface area contributed by atoms with Crippen molar-refractivity contribution in [2.75, 3.05) is 40.9 Å². The average molecular weight is 1160 g/mol. The lowest BCUT2D eigenvalue weighted by Gasteiger charge is -2.27. The first kappa shape index (κ1) is 79.0. The molecule has 0 aliphatic carbocycles. The van der Waals surface area contributed by atoms with Crippen LogP contribution >= 0.6 is 7.82 Å². The van der Waals surface area contributed by atoms with Crippen molar-refractivity contribution in [3.63, 3.8) is 0 Å². The summed E-state index contributed by atoms with van der Waals surface area (Å²) in [6.07, 6.45) is 76.9. The van der Waals surface area contributed by atoms with Gasteiger partial charge in [0, 0.05) is 12.8 Å². The van der Waals surface area contributed by atoms with Crippen LogP contribution in [-0.4, -0.2) is 74.3 Å². The fourth-order valence-corrected chi connectivity index (χ4v) is 11.1. The molecule has 0 aliphatic heterocycles. The van der Waals surface area contributed by atoms with Gasteiger partial charge in [-0.05, 0) is 70.3 Å². The molecule has 81 heavy (non-hydrogen) atoms. The van der Waals surface area contributed by atoms with E-state index >= 15 is 0 Å². The number of likely N-dealkylation sites (N-methyl/N-ethyl adjacent to an activating group) is 1. The molecule has 1 amide bonds. The second kappa shape index (κ2) is 61.1. The van der Waals surface area contributed by atoms with Crippen LogP contribution in [0.5, 0.6) is 0 Å². The van der Waals surface area contributed by atoms with Crippen molar-refractivity contribution in [3.05, 3.63) is 48.6 Å². The predicted octanol–water partition coefficient (Wildman–Crippen LogP) is 22.0. The minimum absolute atomic E-state index is 0.0416. The molecule has 0 aromatic heterocycles. The van der Waals surface area contributed by atoms with Gasteiger partial charge in [0.25, 0.3) is 0 Å². The van der Waals surface area contributed by atoms with Crippen LogP contribution in [0.25, 0.3) is 0 Å². The third-order valence-electron chi connectivity index (χ3n) is 15.8. The van der Waals surface area contributed by atoms with Gasteiger partial charge in [0.1, 0.15) is 19.3 Å². The van der Waals surface area contributed by atoms with Gasteiger partial charge >= 0.3 is 13.8 Å². The van der Waals surface area contributed by atoms with Crippen molar-refractivity contribution in [1.82, 2.24) is 5.32 Å². The number of nitrogens with zero attached hydrogens (tertiary/aromatic N) is 1. The van der Waals surface area contributed by atoms with Gasteiger partial charge < -0.3 is 19.4 Å². The molecule has 3 atom stereocenters. The maximum absolute atomic E-state index is 13.6. The number of amides is 1. The summed E-state index contributed by atoms with van der Waals surface area (Å²) in [4.78, 5) is 37.8. The number of hydrogen-bond donors (Lipinski definition) is 2.